The molecular weight excluding hydrogens is 218 g/mol. The Bertz CT molecular complexity index is 534. The third-order valence-electron chi connectivity index (χ3n) is 2.38. The first-order chi connectivity index (χ1) is 8.20. The number of aliphatic hydroxyl groups excluding tert-OH is 1. The van der Waals surface area contributed by atoms with Crippen molar-refractivity contribution in [2.45, 2.75) is 13.5 Å². The summed E-state index contributed by atoms with van der Waals surface area (Å²) in [6.45, 7) is 1.69. The topological polar surface area (TPSA) is 78.0 Å². The van der Waals surface area contributed by atoms with Crippen molar-refractivity contribution in [2.24, 2.45) is 0 Å². The van der Waals surface area contributed by atoms with Crippen molar-refractivity contribution in [3.8, 4) is 0 Å². The van der Waals surface area contributed by atoms with Crippen LogP contribution in [0.1, 0.15) is 21.6 Å². The number of aromatic amines is 1. The van der Waals surface area contributed by atoms with Crippen molar-refractivity contribution in [3.05, 3.63) is 47.2 Å². The van der Waals surface area contributed by atoms with E-state index in [1.165, 1.54) is 0 Å². The van der Waals surface area contributed by atoms with E-state index >= 15 is 0 Å². The number of aromatic nitrogens is 2. The number of carbonyl (C=O) groups is 1. The predicted octanol–water partition coefficient (Wildman–Crippen LogP) is 1.46. The van der Waals surface area contributed by atoms with Gasteiger partial charge in [-0.15, -0.1) is 0 Å². The van der Waals surface area contributed by atoms with E-state index in [-0.39, 0.29) is 12.5 Å². The van der Waals surface area contributed by atoms with E-state index in [1.807, 2.05) is 6.92 Å². The van der Waals surface area contributed by atoms with Crippen LogP contribution in [0.3, 0.4) is 0 Å². The molecule has 0 saturated carbocycles. The van der Waals surface area contributed by atoms with Crippen molar-refractivity contribution < 1.29 is 9.90 Å². The summed E-state index contributed by atoms with van der Waals surface area (Å²) in [7, 11) is 0. The summed E-state index contributed by atoms with van der Waals surface area (Å²) < 4.78 is 0. The molecule has 88 valence electrons. The summed E-state index contributed by atoms with van der Waals surface area (Å²) in [5.74, 6) is 0.196. The van der Waals surface area contributed by atoms with E-state index in [0.717, 1.165) is 5.69 Å². The summed E-state index contributed by atoms with van der Waals surface area (Å²) in [5.41, 5.74) is 1.92. The molecule has 0 saturated heterocycles. The van der Waals surface area contributed by atoms with E-state index < -0.39 is 0 Å². The van der Waals surface area contributed by atoms with Crippen molar-refractivity contribution in [1.29, 1.82) is 0 Å². The molecule has 1 heterocycles. The molecule has 0 fully saturated rings. The van der Waals surface area contributed by atoms with E-state index in [9.17, 15) is 4.79 Å². The molecule has 0 atom stereocenters. The number of hydrogen-bond donors (Lipinski definition) is 3. The second kappa shape index (κ2) is 4.80. The number of rotatable bonds is 3. The largest absolute Gasteiger partial charge is 0.392 e. The van der Waals surface area contributed by atoms with Crippen LogP contribution in [0.5, 0.6) is 0 Å². The molecule has 0 radical (unpaired) electrons. The number of nitrogens with zero attached hydrogens (tertiary/aromatic N) is 1. The van der Waals surface area contributed by atoms with Gasteiger partial charge in [-0.3, -0.25) is 9.89 Å². The van der Waals surface area contributed by atoms with Gasteiger partial charge in [-0.1, -0.05) is 18.2 Å². The number of anilines is 1. The van der Waals surface area contributed by atoms with Crippen LogP contribution in [0.25, 0.3) is 0 Å². The van der Waals surface area contributed by atoms with Gasteiger partial charge in [0, 0.05) is 17.3 Å². The van der Waals surface area contributed by atoms with Gasteiger partial charge in [0.25, 0.3) is 5.91 Å². The fraction of sp³-hybridized carbons (Fsp3) is 0.167. The van der Waals surface area contributed by atoms with E-state index in [0.29, 0.717) is 16.9 Å². The zero-order valence-corrected chi connectivity index (χ0v) is 9.40. The van der Waals surface area contributed by atoms with E-state index in [1.54, 1.807) is 30.3 Å². The van der Waals surface area contributed by atoms with Gasteiger partial charge in [-0.25, -0.2) is 0 Å². The molecule has 3 N–H and O–H groups in total. The summed E-state index contributed by atoms with van der Waals surface area (Å²) >= 11 is 0. The summed E-state index contributed by atoms with van der Waals surface area (Å²) in [6, 6.07) is 8.65. The maximum Gasteiger partial charge on any atom is 0.257 e. The van der Waals surface area contributed by atoms with Gasteiger partial charge in [0.1, 0.15) is 0 Å². The summed E-state index contributed by atoms with van der Waals surface area (Å²) in [4.78, 5) is 11.9. The highest BCUT2D eigenvalue weighted by Crippen LogP contribution is 2.12. The Morgan fingerprint density at radius 2 is 2.24 bits per heavy atom. The molecule has 2 rings (SSSR count). The fourth-order valence-electron chi connectivity index (χ4n) is 1.55. The van der Waals surface area contributed by atoms with Crippen molar-refractivity contribution >= 4 is 11.7 Å². The Balaban J connectivity index is 2.20. The fourth-order valence-corrected chi connectivity index (χ4v) is 1.55. The molecule has 0 bridgehead atoms. The lowest BCUT2D eigenvalue weighted by Crippen LogP contribution is -2.14. The van der Waals surface area contributed by atoms with Gasteiger partial charge in [0.2, 0.25) is 0 Å². The first kappa shape index (κ1) is 11.3. The van der Waals surface area contributed by atoms with Crippen LogP contribution in [0.15, 0.2) is 30.3 Å². The third-order valence-corrected chi connectivity index (χ3v) is 2.38. The van der Waals surface area contributed by atoms with Crippen LogP contribution in [0, 0.1) is 6.92 Å². The minimum absolute atomic E-state index is 0.164. The van der Waals surface area contributed by atoms with Gasteiger partial charge in [-0.05, 0) is 18.6 Å². The lowest BCUT2D eigenvalue weighted by molar-refractivity contribution is 0.102. The second-order valence-corrected chi connectivity index (χ2v) is 3.71. The number of amides is 1. The first-order valence-electron chi connectivity index (χ1n) is 5.23. The van der Waals surface area contributed by atoms with Gasteiger partial charge >= 0.3 is 0 Å². The molecule has 0 unspecified atom stereocenters. The number of hydrogen-bond acceptors (Lipinski definition) is 3. The van der Waals surface area contributed by atoms with Gasteiger partial charge in [-0.2, -0.15) is 5.10 Å². The predicted molar refractivity (Wildman–Crippen MR) is 63.6 cm³/mol. The van der Waals surface area contributed by atoms with Crippen LogP contribution in [-0.2, 0) is 6.61 Å². The smallest absolute Gasteiger partial charge is 0.257 e. The zero-order chi connectivity index (χ0) is 12.3. The minimum Gasteiger partial charge on any atom is -0.392 e. The number of nitrogens with one attached hydrogen (secondary N) is 2. The monoisotopic (exact) mass is 231 g/mol. The molecule has 5 heteroatoms. The van der Waals surface area contributed by atoms with Crippen LogP contribution in [0.4, 0.5) is 5.82 Å². The summed E-state index contributed by atoms with van der Waals surface area (Å²) in [6.07, 6.45) is 0. The second-order valence-electron chi connectivity index (χ2n) is 3.71. The van der Waals surface area contributed by atoms with Crippen molar-refractivity contribution in [3.63, 3.8) is 0 Å². The van der Waals surface area contributed by atoms with E-state index in [2.05, 4.69) is 15.5 Å². The number of aliphatic hydroxyl groups is 1. The molecule has 1 amide bonds. The van der Waals surface area contributed by atoms with Crippen molar-refractivity contribution in [1.82, 2.24) is 10.2 Å². The van der Waals surface area contributed by atoms with Crippen LogP contribution < -0.4 is 5.32 Å². The third kappa shape index (κ3) is 2.51. The van der Waals surface area contributed by atoms with E-state index in [4.69, 9.17) is 5.11 Å². The Morgan fingerprint density at radius 3 is 2.88 bits per heavy atom. The summed E-state index contributed by atoms with van der Waals surface area (Å²) in [5, 5.41) is 18.5. The lowest BCUT2D eigenvalue weighted by Gasteiger charge is -2.06. The molecule has 1 aromatic carbocycles. The standard InChI is InChI=1S/C12H13N3O2/c1-8-6-11(15-14-8)13-12(17)10-5-3-2-4-9(10)7-16/h2-6,16H,7H2,1H3,(H2,13,14,15,17). The molecule has 17 heavy (non-hydrogen) atoms. The highest BCUT2D eigenvalue weighted by molar-refractivity contribution is 6.04. The molecule has 0 spiro atoms. The highest BCUT2D eigenvalue weighted by atomic mass is 16.3. The quantitative estimate of drug-likeness (QED) is 0.748. The molecule has 1 aromatic heterocycles. The van der Waals surface area contributed by atoms with Crippen molar-refractivity contribution in [2.75, 3.05) is 5.32 Å². The Morgan fingerprint density at radius 1 is 1.47 bits per heavy atom. The maximum atomic E-state index is 11.9. The molecule has 0 aliphatic heterocycles. The Kier molecular flexibility index (Phi) is 3.20. The van der Waals surface area contributed by atoms with Crippen LogP contribution in [-0.4, -0.2) is 21.2 Å². The number of H-pyrrole nitrogens is 1. The number of aryl methyl sites for hydroxylation is 1. The SMILES string of the molecule is Cc1cc(NC(=O)c2ccccc2CO)n[nH]1. The zero-order valence-electron chi connectivity index (χ0n) is 9.40. The first-order valence-corrected chi connectivity index (χ1v) is 5.23. The Labute approximate surface area is 98.5 Å². The molecule has 5 nitrogen and oxygen atoms in total. The van der Waals surface area contributed by atoms with Gasteiger partial charge in [0.05, 0.1) is 6.61 Å². The van der Waals surface area contributed by atoms with Crippen LogP contribution in [0.2, 0.25) is 0 Å². The molecule has 2 aromatic rings. The maximum absolute atomic E-state index is 11.9. The minimum atomic E-state index is -0.277. The molecule has 0 aliphatic rings. The number of carbonyl (C=O) groups excluding carboxylic acids is 1. The normalized spacial score (nSPS) is 10.2. The van der Waals surface area contributed by atoms with Crippen LogP contribution >= 0.6 is 0 Å². The number of benzene rings is 1. The lowest BCUT2D eigenvalue weighted by atomic mass is 10.1. The molecular formula is C12H13N3O2. The highest BCUT2D eigenvalue weighted by Gasteiger charge is 2.11. The average Bonchev–Trinajstić information content (AvgIpc) is 2.74. The molecule has 0 aliphatic carbocycles. The van der Waals surface area contributed by atoms with Gasteiger partial charge < -0.3 is 10.4 Å². The average molecular weight is 231 g/mol. The Hall–Kier alpha value is -2.14. The van der Waals surface area contributed by atoms with Gasteiger partial charge in [0.15, 0.2) is 5.82 Å².